The lowest BCUT2D eigenvalue weighted by molar-refractivity contribution is -0.120. The van der Waals surface area contributed by atoms with Gasteiger partial charge in [0.05, 0.1) is 7.39 Å². The molecule has 1 rings (SSSR count). The summed E-state index contributed by atoms with van der Waals surface area (Å²) >= 11 is 0. The summed E-state index contributed by atoms with van der Waals surface area (Å²) in [6.45, 7) is 1.09. The molecule has 2 unspecified atom stereocenters. The van der Waals surface area contributed by atoms with Crippen molar-refractivity contribution < 1.29 is 21.5 Å². The Bertz CT molecular complexity index is 419. The van der Waals surface area contributed by atoms with Gasteiger partial charge in [0.2, 0.25) is 0 Å². The Kier molecular flexibility index (Phi) is 2.84. The molecule has 0 saturated heterocycles. The molecule has 82 valence electrons. The zero-order valence-electron chi connectivity index (χ0n) is 9.14. The van der Waals surface area contributed by atoms with Crippen LogP contribution >= 0.6 is 0 Å². The zero-order chi connectivity index (χ0) is 12.5. The van der Waals surface area contributed by atoms with E-state index >= 15 is 0 Å². The van der Waals surface area contributed by atoms with Gasteiger partial charge >= 0.3 is 0 Å². The van der Waals surface area contributed by atoms with Crippen LogP contribution in [0.15, 0.2) is 18.2 Å². The van der Waals surface area contributed by atoms with Gasteiger partial charge in [-0.15, -0.1) is 0 Å². The monoisotopic (exact) mass is 212 g/mol. The third-order valence-corrected chi connectivity index (χ3v) is 2.02. The maximum Gasteiger partial charge on any atom is 0.157 e. The van der Waals surface area contributed by atoms with Gasteiger partial charge in [-0.2, -0.15) is 0 Å². The Morgan fingerprint density at radius 2 is 2.07 bits per heavy atom. The number of rotatable bonds is 3. The van der Waals surface area contributed by atoms with Crippen LogP contribution in [0.4, 0.5) is 0 Å². The molecule has 0 aliphatic carbocycles. The Balaban J connectivity index is 3.10. The van der Waals surface area contributed by atoms with Gasteiger partial charge in [-0.3, -0.25) is 4.79 Å². The lowest BCUT2D eigenvalue weighted by Crippen LogP contribution is -2.35. The molecular weight excluding hydrogens is 198 g/mol. The average Bonchev–Trinajstić information content (AvgIpc) is 2.20. The van der Waals surface area contributed by atoms with Gasteiger partial charge in [0.25, 0.3) is 0 Å². The molecule has 1 aromatic carbocycles. The number of ketones is 1. The fourth-order valence-corrected chi connectivity index (χ4v) is 1.08. The molecule has 0 fully saturated rings. The van der Waals surface area contributed by atoms with Crippen LogP contribution in [0.3, 0.4) is 0 Å². The topological polar surface area (TPSA) is 104 Å². The minimum atomic E-state index is -2.18. The summed E-state index contributed by atoms with van der Waals surface area (Å²) in [5.74, 6) is -1.50. The molecule has 2 atom stereocenters. The number of hydrogen-bond acceptors (Lipinski definition) is 5. The molecule has 0 aliphatic heterocycles. The van der Waals surface area contributed by atoms with Crippen molar-refractivity contribution in [3.8, 4) is 11.5 Å². The Morgan fingerprint density at radius 3 is 2.53 bits per heavy atom. The number of Topliss-reactive ketones (excluding diaryl/α,β-unsaturated/α-hetero) is 1. The molecule has 5 N–H and O–H groups in total. The van der Waals surface area contributed by atoms with E-state index in [1.54, 1.807) is 0 Å². The molecule has 0 spiro atoms. The van der Waals surface area contributed by atoms with E-state index in [-0.39, 0.29) is 11.3 Å². The van der Waals surface area contributed by atoms with E-state index in [4.69, 9.17) is 12.2 Å². The fourth-order valence-electron chi connectivity index (χ4n) is 1.08. The second-order valence-electron chi connectivity index (χ2n) is 3.16. The van der Waals surface area contributed by atoms with Crippen LogP contribution in [0.25, 0.3) is 0 Å². The summed E-state index contributed by atoms with van der Waals surface area (Å²) in [7, 11) is 0. The van der Waals surface area contributed by atoms with Crippen molar-refractivity contribution in [1.82, 2.24) is 0 Å². The number of hydrogen-bond donors (Lipinski definition) is 4. The highest BCUT2D eigenvalue weighted by molar-refractivity contribution is 5.82. The summed E-state index contributed by atoms with van der Waals surface area (Å²) in [6, 6.07) is 1.30. The van der Waals surface area contributed by atoms with E-state index in [1.165, 1.54) is 6.07 Å². The molecule has 15 heavy (non-hydrogen) atoms. The molecule has 1 aromatic rings. The Morgan fingerprint density at radius 1 is 1.47 bits per heavy atom. The van der Waals surface area contributed by atoms with Gasteiger partial charge in [0.15, 0.2) is 11.5 Å². The van der Waals surface area contributed by atoms with Crippen LogP contribution in [-0.2, 0) is 4.79 Å². The molecule has 0 aromatic heterocycles. The van der Waals surface area contributed by atoms with Gasteiger partial charge in [-0.25, -0.2) is 0 Å². The standard InChI is InChI=1S/C10H13NO4/c1-5(12)9(11)10(15)6-2-3-7(13)8(14)4-6/h2-4,9-10,13-15H,11H2,1H3/i9D. The number of carbonyl (C=O) groups is 1. The average molecular weight is 212 g/mol. The largest absolute Gasteiger partial charge is 0.504 e. The third kappa shape index (κ3) is 2.45. The summed E-state index contributed by atoms with van der Waals surface area (Å²) in [5, 5.41) is 28.0. The van der Waals surface area contributed by atoms with Gasteiger partial charge in [-0.05, 0) is 24.6 Å². The number of aliphatic hydroxyl groups excluding tert-OH is 1. The second-order valence-corrected chi connectivity index (χ2v) is 3.16. The minimum absolute atomic E-state index is 0.0861. The lowest BCUT2D eigenvalue weighted by Gasteiger charge is -2.16. The Hall–Kier alpha value is -1.59. The van der Waals surface area contributed by atoms with Gasteiger partial charge < -0.3 is 21.1 Å². The van der Waals surface area contributed by atoms with Crippen LogP contribution in [-0.4, -0.2) is 27.1 Å². The van der Waals surface area contributed by atoms with E-state index in [0.29, 0.717) is 0 Å². The van der Waals surface area contributed by atoms with E-state index in [0.717, 1.165) is 19.1 Å². The summed E-state index contributed by atoms with van der Waals surface area (Å²) in [6.07, 6.45) is -1.57. The first kappa shape index (κ1) is 9.95. The molecule has 0 heterocycles. The van der Waals surface area contributed by atoms with Crippen LogP contribution in [0.1, 0.15) is 20.0 Å². The van der Waals surface area contributed by atoms with Gasteiger partial charge in [-0.1, -0.05) is 6.07 Å². The van der Waals surface area contributed by atoms with Crippen molar-refractivity contribution in [2.24, 2.45) is 5.73 Å². The first-order chi connectivity index (χ1) is 7.26. The molecule has 0 saturated carbocycles. The highest BCUT2D eigenvalue weighted by atomic mass is 16.3. The number of carbonyl (C=O) groups excluding carboxylic acids is 1. The predicted molar refractivity (Wildman–Crippen MR) is 53.4 cm³/mol. The van der Waals surface area contributed by atoms with Crippen molar-refractivity contribution >= 4 is 5.78 Å². The quantitative estimate of drug-likeness (QED) is 0.530. The van der Waals surface area contributed by atoms with Crippen LogP contribution in [0.5, 0.6) is 11.5 Å². The van der Waals surface area contributed by atoms with Crippen molar-refractivity contribution in [3.05, 3.63) is 23.8 Å². The molecule has 5 heteroatoms. The van der Waals surface area contributed by atoms with Crippen LogP contribution in [0, 0.1) is 0 Å². The predicted octanol–water partition coefficient (Wildman–Crippen LogP) is 0.0475. The number of aliphatic hydroxyl groups is 1. The van der Waals surface area contributed by atoms with E-state index in [1.807, 2.05) is 0 Å². The maximum absolute atomic E-state index is 11.0. The van der Waals surface area contributed by atoms with Crippen molar-refractivity contribution in [3.63, 3.8) is 0 Å². The number of phenolic OH excluding ortho intramolecular Hbond substituents is 2. The number of aromatic hydroxyl groups is 2. The van der Waals surface area contributed by atoms with Crippen LogP contribution < -0.4 is 5.73 Å². The number of phenols is 2. The molecule has 5 nitrogen and oxygen atoms in total. The molecular formula is C10H13NO4. The SMILES string of the molecule is [2H]C(N)(C(C)=O)C(O)c1ccc(O)c(O)c1. The molecule has 0 amide bonds. The minimum Gasteiger partial charge on any atom is -0.504 e. The molecule has 0 bridgehead atoms. The first-order valence-corrected chi connectivity index (χ1v) is 4.26. The highest BCUT2D eigenvalue weighted by Gasteiger charge is 2.21. The molecule has 0 radical (unpaired) electrons. The van der Waals surface area contributed by atoms with Crippen molar-refractivity contribution in [2.45, 2.75) is 19.0 Å². The Labute approximate surface area is 88.2 Å². The highest BCUT2D eigenvalue weighted by Crippen LogP contribution is 2.28. The van der Waals surface area contributed by atoms with E-state index < -0.39 is 23.7 Å². The molecule has 0 aliphatic rings. The summed E-state index contributed by atoms with van der Waals surface area (Å²) in [4.78, 5) is 11.0. The summed E-state index contributed by atoms with van der Waals surface area (Å²) in [5.41, 5.74) is 5.43. The fraction of sp³-hybridized carbons (Fsp3) is 0.300. The van der Waals surface area contributed by atoms with E-state index in [9.17, 15) is 15.0 Å². The lowest BCUT2D eigenvalue weighted by atomic mass is 10.00. The van der Waals surface area contributed by atoms with Crippen molar-refractivity contribution in [1.29, 1.82) is 0 Å². The third-order valence-electron chi connectivity index (χ3n) is 2.02. The normalized spacial score (nSPS) is 17.7. The summed E-state index contributed by atoms with van der Waals surface area (Å²) < 4.78 is 7.48. The number of benzene rings is 1. The smallest absolute Gasteiger partial charge is 0.157 e. The maximum atomic E-state index is 11.0. The van der Waals surface area contributed by atoms with Gasteiger partial charge in [0.1, 0.15) is 11.9 Å². The second kappa shape index (κ2) is 4.29. The first-order valence-electron chi connectivity index (χ1n) is 4.76. The zero-order valence-corrected chi connectivity index (χ0v) is 8.14. The number of nitrogens with two attached hydrogens (primary N) is 1. The van der Waals surface area contributed by atoms with Gasteiger partial charge in [0, 0.05) is 0 Å². The van der Waals surface area contributed by atoms with Crippen LogP contribution in [0.2, 0.25) is 0 Å². The van der Waals surface area contributed by atoms with Crippen molar-refractivity contribution in [2.75, 3.05) is 0 Å². The van der Waals surface area contributed by atoms with E-state index in [2.05, 4.69) is 0 Å².